The molecule has 7 rings (SSSR count). The van der Waals surface area contributed by atoms with E-state index in [1.54, 1.807) is 0 Å². The average molecular weight is 437 g/mol. The van der Waals surface area contributed by atoms with Gasteiger partial charge in [-0.1, -0.05) is 72.3 Å². The molecular weight excluding hydrogens is 412 g/mol. The molecule has 0 saturated carbocycles. The molecule has 1 aromatic heterocycles. The van der Waals surface area contributed by atoms with Gasteiger partial charge in [-0.2, -0.15) is 0 Å². The minimum Gasteiger partial charge on any atom is -0.301 e. The van der Waals surface area contributed by atoms with Gasteiger partial charge >= 0.3 is 0 Å². The first kappa shape index (κ1) is 19.4. The fourth-order valence-electron chi connectivity index (χ4n) is 5.70. The van der Waals surface area contributed by atoms with Crippen LogP contribution in [0, 0.1) is 12.3 Å². The third kappa shape index (κ3) is 2.86. The number of nitrogens with one attached hydrogen (secondary N) is 1. The lowest BCUT2D eigenvalue weighted by atomic mass is 9.52. The maximum absolute atomic E-state index is 13.8. The average Bonchev–Trinajstić information content (AvgIpc) is 3.28. The van der Waals surface area contributed by atoms with Gasteiger partial charge < -0.3 is 5.32 Å². The molecule has 0 radical (unpaired) electrons. The third-order valence-electron chi connectivity index (χ3n) is 7.19. The number of carbonyl (C=O) groups is 1. The van der Waals surface area contributed by atoms with Crippen LogP contribution in [-0.2, 0) is 4.79 Å². The van der Waals surface area contributed by atoms with E-state index in [0.717, 1.165) is 17.7 Å². The van der Waals surface area contributed by atoms with Crippen LogP contribution in [0.5, 0.6) is 0 Å². The molecule has 158 valence electrons. The minimum absolute atomic E-state index is 0.0519. The zero-order chi connectivity index (χ0) is 21.9. The van der Waals surface area contributed by atoms with Gasteiger partial charge in [0.15, 0.2) is 5.13 Å². The van der Waals surface area contributed by atoms with Gasteiger partial charge in [-0.25, -0.2) is 4.98 Å². The number of thiazole rings is 1. The summed E-state index contributed by atoms with van der Waals surface area (Å²) in [5, 5.41) is 5.85. The molecule has 3 nitrogen and oxygen atoms in total. The molecule has 32 heavy (non-hydrogen) atoms. The van der Waals surface area contributed by atoms with Crippen LogP contribution in [0.15, 0.2) is 78.2 Å². The largest absolute Gasteiger partial charge is 0.301 e. The van der Waals surface area contributed by atoms with Gasteiger partial charge in [-0.3, -0.25) is 4.79 Å². The number of rotatable bonds is 3. The highest BCUT2D eigenvalue weighted by molar-refractivity contribution is 7.14. The van der Waals surface area contributed by atoms with Crippen molar-refractivity contribution in [2.24, 2.45) is 5.41 Å². The number of nitrogens with zero attached hydrogens (tertiary/aromatic N) is 1. The second-order valence-corrected chi connectivity index (χ2v) is 10.1. The lowest BCUT2D eigenvalue weighted by Gasteiger charge is -2.50. The number of aromatic nitrogens is 1. The van der Waals surface area contributed by atoms with Crippen LogP contribution in [0.25, 0.3) is 11.3 Å². The molecule has 1 N–H and O–H groups in total. The Labute approximate surface area is 192 Å². The molecule has 4 aromatic rings. The molecule has 1 atom stereocenters. The van der Waals surface area contributed by atoms with E-state index in [-0.39, 0.29) is 17.7 Å². The van der Waals surface area contributed by atoms with Crippen LogP contribution in [-0.4, -0.2) is 10.9 Å². The van der Waals surface area contributed by atoms with Gasteiger partial charge in [0, 0.05) is 22.8 Å². The first-order valence-corrected chi connectivity index (χ1v) is 11.9. The SMILES string of the molecule is Cc1cccc(-c2csc(NC(=O)C3(C)CC4c5ccccc5C3c3ccccc34)n2)c1. The predicted molar refractivity (Wildman–Crippen MR) is 130 cm³/mol. The summed E-state index contributed by atoms with van der Waals surface area (Å²) in [5.74, 6) is 0.361. The fraction of sp³-hybridized carbons (Fsp3) is 0.214. The number of fused-ring (bicyclic) bond motifs is 1. The normalized spacial score (nSPS) is 22.8. The van der Waals surface area contributed by atoms with Crippen molar-refractivity contribution in [2.45, 2.75) is 32.1 Å². The Morgan fingerprint density at radius 3 is 2.28 bits per heavy atom. The standard InChI is InChI=1S/C28H24N2OS/c1-17-8-7-9-18(14-17)24-16-32-27(29-24)30-26(31)28(2)15-23-19-10-3-5-12-21(19)25(28)22-13-6-4-11-20(22)23/h3-14,16,23,25H,15H2,1-2H3,(H,29,30,31). The number of hydrogen-bond acceptors (Lipinski definition) is 3. The van der Waals surface area contributed by atoms with E-state index < -0.39 is 5.41 Å². The quantitative estimate of drug-likeness (QED) is 0.386. The summed E-state index contributed by atoms with van der Waals surface area (Å²) in [4.78, 5) is 18.5. The molecule has 2 bridgehead atoms. The molecule has 3 aromatic carbocycles. The fourth-order valence-corrected chi connectivity index (χ4v) is 6.41. The van der Waals surface area contributed by atoms with Crippen molar-refractivity contribution in [3.8, 4) is 11.3 Å². The van der Waals surface area contributed by atoms with Gasteiger partial charge in [0.05, 0.1) is 11.1 Å². The highest BCUT2D eigenvalue weighted by Crippen LogP contribution is 2.61. The topological polar surface area (TPSA) is 42.0 Å². The molecule has 3 aliphatic carbocycles. The molecule has 1 amide bonds. The summed E-state index contributed by atoms with van der Waals surface area (Å²) in [6.07, 6.45) is 0.813. The van der Waals surface area contributed by atoms with Crippen molar-refractivity contribution in [1.82, 2.24) is 4.98 Å². The van der Waals surface area contributed by atoms with E-state index in [0.29, 0.717) is 5.13 Å². The highest BCUT2D eigenvalue weighted by Gasteiger charge is 2.53. The minimum atomic E-state index is -0.525. The second-order valence-electron chi connectivity index (χ2n) is 9.23. The van der Waals surface area contributed by atoms with Crippen LogP contribution in [0.2, 0.25) is 0 Å². The summed E-state index contributed by atoms with van der Waals surface area (Å²) in [6.45, 7) is 4.20. The van der Waals surface area contributed by atoms with Gasteiger partial charge in [0.2, 0.25) is 5.91 Å². The Hall–Kier alpha value is -3.24. The number of benzene rings is 3. The van der Waals surface area contributed by atoms with E-state index in [4.69, 9.17) is 4.98 Å². The van der Waals surface area contributed by atoms with Crippen molar-refractivity contribution in [3.05, 3.63) is 106 Å². The van der Waals surface area contributed by atoms with E-state index in [9.17, 15) is 4.79 Å². The van der Waals surface area contributed by atoms with Crippen LogP contribution in [0.3, 0.4) is 0 Å². The van der Waals surface area contributed by atoms with Crippen LogP contribution < -0.4 is 5.32 Å². The van der Waals surface area contributed by atoms with Crippen LogP contribution in [0.4, 0.5) is 5.13 Å². The Morgan fingerprint density at radius 2 is 1.62 bits per heavy atom. The Balaban J connectivity index is 1.35. The molecule has 1 heterocycles. The van der Waals surface area contributed by atoms with Gasteiger partial charge in [0.1, 0.15) is 0 Å². The third-order valence-corrected chi connectivity index (χ3v) is 7.95. The Morgan fingerprint density at radius 1 is 0.969 bits per heavy atom. The smallest absolute Gasteiger partial charge is 0.233 e. The summed E-state index contributed by atoms with van der Waals surface area (Å²) in [5.41, 5.74) is 7.98. The maximum Gasteiger partial charge on any atom is 0.233 e. The number of amides is 1. The summed E-state index contributed by atoms with van der Waals surface area (Å²) >= 11 is 1.49. The van der Waals surface area contributed by atoms with Crippen molar-refractivity contribution >= 4 is 22.4 Å². The highest BCUT2D eigenvalue weighted by atomic mass is 32.1. The molecule has 0 fully saturated rings. The number of hydrogen-bond donors (Lipinski definition) is 1. The first-order chi connectivity index (χ1) is 15.5. The molecule has 0 spiro atoms. The molecule has 4 heteroatoms. The van der Waals surface area contributed by atoms with Crippen LogP contribution >= 0.6 is 11.3 Å². The zero-order valence-electron chi connectivity index (χ0n) is 18.1. The van der Waals surface area contributed by atoms with E-state index in [1.165, 1.54) is 39.2 Å². The summed E-state index contributed by atoms with van der Waals surface area (Å²) in [7, 11) is 0. The zero-order valence-corrected chi connectivity index (χ0v) is 18.9. The molecular formula is C28H24N2OS. The predicted octanol–water partition coefficient (Wildman–Crippen LogP) is 6.74. The summed E-state index contributed by atoms with van der Waals surface area (Å²) < 4.78 is 0. The first-order valence-electron chi connectivity index (χ1n) is 11.1. The Bertz CT molecular complexity index is 1310. The van der Waals surface area contributed by atoms with E-state index in [1.807, 2.05) is 11.4 Å². The molecule has 0 aliphatic heterocycles. The van der Waals surface area contributed by atoms with E-state index >= 15 is 0 Å². The lowest BCUT2D eigenvalue weighted by Crippen LogP contribution is -2.47. The monoisotopic (exact) mass is 436 g/mol. The number of anilines is 1. The van der Waals surface area contributed by atoms with Crippen molar-refractivity contribution < 1.29 is 4.79 Å². The van der Waals surface area contributed by atoms with Gasteiger partial charge in [-0.15, -0.1) is 11.3 Å². The van der Waals surface area contributed by atoms with Crippen molar-refractivity contribution in [3.63, 3.8) is 0 Å². The molecule has 3 aliphatic rings. The second kappa shape index (κ2) is 7.14. The van der Waals surface area contributed by atoms with Crippen LogP contribution in [0.1, 0.15) is 53.0 Å². The lowest BCUT2D eigenvalue weighted by molar-refractivity contribution is -0.126. The van der Waals surface area contributed by atoms with Gasteiger partial charge in [0.25, 0.3) is 0 Å². The van der Waals surface area contributed by atoms with Gasteiger partial charge in [-0.05, 0) is 48.6 Å². The maximum atomic E-state index is 13.8. The number of aryl methyl sites for hydroxylation is 1. The summed E-state index contributed by atoms with van der Waals surface area (Å²) in [6, 6.07) is 25.6. The molecule has 0 saturated heterocycles. The van der Waals surface area contributed by atoms with E-state index in [2.05, 4.69) is 85.9 Å². The molecule has 1 unspecified atom stereocenters. The van der Waals surface area contributed by atoms with Crippen molar-refractivity contribution in [2.75, 3.05) is 5.32 Å². The Kier molecular flexibility index (Phi) is 4.34. The van der Waals surface area contributed by atoms with Crippen molar-refractivity contribution in [1.29, 1.82) is 0 Å². The number of carbonyl (C=O) groups excluding carboxylic acids is 1.